The number of aryl methyl sites for hydroxylation is 1. The molecule has 1 aliphatic rings. The molecule has 0 spiro atoms. The number of hydrogen-bond acceptors (Lipinski definition) is 6. The molecule has 0 N–H and O–H groups in total. The molecule has 8 nitrogen and oxygen atoms in total. The first-order valence-corrected chi connectivity index (χ1v) is 6.37. The zero-order valence-electron chi connectivity index (χ0n) is 11.8. The molecule has 3 rings (SSSR count). The van der Waals surface area contributed by atoms with Gasteiger partial charge in [0.25, 0.3) is 0 Å². The number of aromatic nitrogens is 5. The molecule has 2 aromatic rings. The normalized spacial score (nSPS) is 21.2. The maximum atomic E-state index is 12.1. The summed E-state index contributed by atoms with van der Waals surface area (Å²) in [5.74, 6) is -0.124. The van der Waals surface area contributed by atoms with E-state index in [0.29, 0.717) is 5.92 Å². The van der Waals surface area contributed by atoms with Crippen LogP contribution in [0.5, 0.6) is 0 Å². The van der Waals surface area contributed by atoms with Crippen molar-refractivity contribution in [3.8, 4) is 0 Å². The molecule has 2 unspecified atom stereocenters. The topological polar surface area (TPSA) is 91.4 Å². The maximum Gasteiger partial charge on any atom is 0.361 e. The molecule has 2 heterocycles. The number of carbonyl (C=O) groups is 1. The summed E-state index contributed by atoms with van der Waals surface area (Å²) in [6, 6.07) is 0. The van der Waals surface area contributed by atoms with Crippen molar-refractivity contribution in [3.05, 3.63) is 28.9 Å². The minimum absolute atomic E-state index is 0. The van der Waals surface area contributed by atoms with Gasteiger partial charge in [-0.1, -0.05) is 12.1 Å². The first-order valence-electron chi connectivity index (χ1n) is 6.37. The van der Waals surface area contributed by atoms with Crippen LogP contribution in [-0.4, -0.2) is 36.5 Å². The molecule has 1 radical (unpaired) electrons. The first-order chi connectivity index (χ1) is 9.56. The third-order valence-corrected chi connectivity index (χ3v) is 3.40. The fraction of sp³-hybridized carbons (Fsp3) is 0.500. The van der Waals surface area contributed by atoms with E-state index >= 15 is 0 Å². The van der Waals surface area contributed by atoms with Crippen LogP contribution in [0.25, 0.3) is 5.65 Å². The molecule has 0 amide bonds. The predicted octanol–water partition coefficient (Wildman–Crippen LogP) is -0.0199. The SMILES string of the molecule is CC1[CH-]CC(OC(=O)c2ncn3c(=O)n(C)nnc23)C1.[Y]. The van der Waals surface area contributed by atoms with Gasteiger partial charge in [-0.3, -0.25) is 0 Å². The Kier molecular flexibility index (Phi) is 4.88. The van der Waals surface area contributed by atoms with Gasteiger partial charge < -0.3 is 11.2 Å². The smallest absolute Gasteiger partial charge is 0.361 e. The van der Waals surface area contributed by atoms with Crippen molar-refractivity contribution in [2.24, 2.45) is 13.0 Å². The van der Waals surface area contributed by atoms with Crippen molar-refractivity contribution in [3.63, 3.8) is 0 Å². The molecule has 21 heavy (non-hydrogen) atoms. The van der Waals surface area contributed by atoms with Crippen LogP contribution in [0.4, 0.5) is 0 Å². The predicted molar refractivity (Wildman–Crippen MR) is 67.9 cm³/mol. The molecule has 2 aromatic heterocycles. The monoisotopic (exact) mass is 365 g/mol. The Hall–Kier alpha value is -1.15. The Morgan fingerprint density at radius 2 is 2.29 bits per heavy atom. The van der Waals surface area contributed by atoms with Crippen LogP contribution in [0, 0.1) is 12.3 Å². The van der Waals surface area contributed by atoms with Gasteiger partial charge in [0.05, 0.1) is 6.10 Å². The Balaban J connectivity index is 0.00000161. The molecular weight excluding hydrogens is 351 g/mol. The Bertz CT molecular complexity index is 725. The molecular formula is C12H14N5O3Y-. The van der Waals surface area contributed by atoms with Gasteiger partial charge in [0.2, 0.25) is 0 Å². The van der Waals surface area contributed by atoms with Crippen LogP contribution >= 0.6 is 0 Å². The summed E-state index contributed by atoms with van der Waals surface area (Å²) < 4.78 is 7.62. The number of esters is 1. The van der Waals surface area contributed by atoms with Crippen molar-refractivity contribution in [1.29, 1.82) is 0 Å². The van der Waals surface area contributed by atoms with Gasteiger partial charge in [-0.2, -0.15) is 10.6 Å². The fourth-order valence-corrected chi connectivity index (χ4v) is 2.32. The second-order valence-corrected chi connectivity index (χ2v) is 4.99. The largest absolute Gasteiger partial charge is 0.460 e. The van der Waals surface area contributed by atoms with E-state index in [1.807, 2.05) is 0 Å². The molecule has 1 saturated carbocycles. The minimum Gasteiger partial charge on any atom is -0.460 e. The fourth-order valence-electron chi connectivity index (χ4n) is 2.32. The Labute approximate surface area is 145 Å². The van der Waals surface area contributed by atoms with E-state index in [-0.39, 0.29) is 50.2 Å². The average molecular weight is 365 g/mol. The van der Waals surface area contributed by atoms with E-state index in [1.165, 1.54) is 17.8 Å². The molecule has 1 aliphatic carbocycles. The number of imidazole rings is 1. The standard InChI is InChI=1S/C12H14N5O3.Y/c1-7-3-4-8(5-7)20-11(18)9-10-14-15-16(2)12(19)17(10)6-13-9;/h3,6-8H,4-5H2,1-2H3;/q-1;. The van der Waals surface area contributed by atoms with E-state index in [9.17, 15) is 9.59 Å². The second kappa shape index (κ2) is 6.31. The maximum absolute atomic E-state index is 12.1. The number of fused-ring (bicyclic) bond motifs is 1. The van der Waals surface area contributed by atoms with Gasteiger partial charge in [-0.05, 0) is 6.42 Å². The number of hydrogen-bond donors (Lipinski definition) is 0. The van der Waals surface area contributed by atoms with Gasteiger partial charge in [0, 0.05) is 39.8 Å². The number of rotatable bonds is 2. The summed E-state index contributed by atoms with van der Waals surface area (Å²) in [5.41, 5.74) is -0.271. The van der Waals surface area contributed by atoms with E-state index < -0.39 is 11.7 Å². The van der Waals surface area contributed by atoms with Crippen LogP contribution in [-0.2, 0) is 44.5 Å². The van der Waals surface area contributed by atoms with Crippen molar-refractivity contribution < 1.29 is 42.2 Å². The van der Waals surface area contributed by atoms with Gasteiger partial charge in [0.15, 0.2) is 11.3 Å². The summed E-state index contributed by atoms with van der Waals surface area (Å²) in [6.07, 6.45) is 4.80. The summed E-state index contributed by atoms with van der Waals surface area (Å²) in [4.78, 5) is 27.8. The molecule has 9 heteroatoms. The Morgan fingerprint density at radius 3 is 2.95 bits per heavy atom. The van der Waals surface area contributed by atoms with Crippen LogP contribution in [0.2, 0.25) is 0 Å². The van der Waals surface area contributed by atoms with Crippen molar-refractivity contribution in [2.45, 2.75) is 25.9 Å². The number of ether oxygens (including phenoxy) is 1. The summed E-state index contributed by atoms with van der Waals surface area (Å²) in [5, 5.41) is 7.46. The zero-order chi connectivity index (χ0) is 14.3. The van der Waals surface area contributed by atoms with E-state index in [0.717, 1.165) is 17.5 Å². The second-order valence-electron chi connectivity index (χ2n) is 4.99. The van der Waals surface area contributed by atoms with Gasteiger partial charge in [-0.15, -0.1) is 11.5 Å². The van der Waals surface area contributed by atoms with E-state index in [4.69, 9.17) is 4.74 Å². The zero-order valence-corrected chi connectivity index (χ0v) is 14.6. The third-order valence-electron chi connectivity index (χ3n) is 3.40. The van der Waals surface area contributed by atoms with E-state index in [1.54, 1.807) is 0 Å². The molecule has 2 atom stereocenters. The number of nitrogens with zero attached hydrogens (tertiary/aromatic N) is 5. The molecule has 0 bridgehead atoms. The van der Waals surface area contributed by atoms with Crippen LogP contribution in [0.1, 0.15) is 30.3 Å². The van der Waals surface area contributed by atoms with Crippen molar-refractivity contribution in [2.75, 3.05) is 0 Å². The quantitative estimate of drug-likeness (QED) is 0.549. The summed E-state index contributed by atoms with van der Waals surface area (Å²) >= 11 is 0. The summed E-state index contributed by atoms with van der Waals surface area (Å²) in [6.45, 7) is 2.08. The van der Waals surface area contributed by atoms with Crippen molar-refractivity contribution >= 4 is 11.6 Å². The van der Waals surface area contributed by atoms with Gasteiger partial charge in [0.1, 0.15) is 6.33 Å². The average Bonchev–Trinajstić information content (AvgIpc) is 3.00. The number of carbonyl (C=O) groups excluding carboxylic acids is 1. The van der Waals surface area contributed by atoms with Crippen LogP contribution in [0.15, 0.2) is 11.1 Å². The van der Waals surface area contributed by atoms with Crippen LogP contribution in [0.3, 0.4) is 0 Å². The van der Waals surface area contributed by atoms with Gasteiger partial charge in [-0.25, -0.2) is 19.0 Å². The minimum atomic E-state index is -0.567. The molecule has 0 aliphatic heterocycles. The Morgan fingerprint density at radius 1 is 1.52 bits per heavy atom. The van der Waals surface area contributed by atoms with Crippen LogP contribution < -0.4 is 5.69 Å². The molecule has 1 fully saturated rings. The van der Waals surface area contributed by atoms with Gasteiger partial charge >= 0.3 is 11.7 Å². The molecule has 109 valence electrons. The van der Waals surface area contributed by atoms with E-state index in [2.05, 4.69) is 28.6 Å². The van der Waals surface area contributed by atoms with Crippen molar-refractivity contribution in [1.82, 2.24) is 24.4 Å². The molecule has 0 aromatic carbocycles. The first kappa shape index (κ1) is 16.2. The molecule has 0 saturated heterocycles. The summed E-state index contributed by atoms with van der Waals surface area (Å²) in [7, 11) is 1.47. The third kappa shape index (κ3) is 3.06.